The lowest BCUT2D eigenvalue weighted by Crippen LogP contribution is -2.16. The number of hydrogen-bond donors (Lipinski definition) is 0. The number of nitrogens with zero attached hydrogens (tertiary/aromatic N) is 3. The van der Waals surface area contributed by atoms with Crippen LogP contribution in [-0.4, -0.2) is 21.5 Å². The summed E-state index contributed by atoms with van der Waals surface area (Å²) in [6.07, 6.45) is 8.50. The Morgan fingerprint density at radius 1 is 1.43 bits per heavy atom. The number of aromatic nitrogens is 3. The predicted molar refractivity (Wildman–Crippen MR) is 84.1 cm³/mol. The van der Waals surface area contributed by atoms with Crippen molar-refractivity contribution in [3.05, 3.63) is 56.7 Å². The Labute approximate surface area is 129 Å². The molecule has 0 saturated carbocycles. The van der Waals surface area contributed by atoms with E-state index in [0.717, 1.165) is 5.56 Å². The number of methoxy groups -OCH3 is 1. The number of thiazole rings is 1. The van der Waals surface area contributed by atoms with Crippen molar-refractivity contribution < 1.29 is 4.74 Å². The number of rotatable bonds is 3. The molecule has 7 heteroatoms. The number of fused-ring (bicyclic) bond motifs is 1. The highest BCUT2D eigenvalue weighted by Crippen LogP contribution is 2.23. The van der Waals surface area contributed by atoms with Crippen molar-refractivity contribution >= 4 is 40.1 Å². The van der Waals surface area contributed by atoms with E-state index in [1.807, 2.05) is 18.2 Å². The SMILES string of the molecule is COc1c(/C=C/c2cccnc2)nc2sc(Cl)cn2c1=O. The summed E-state index contributed by atoms with van der Waals surface area (Å²) in [6.45, 7) is 0. The van der Waals surface area contributed by atoms with Gasteiger partial charge in [0.05, 0.1) is 7.11 Å². The van der Waals surface area contributed by atoms with Crippen LogP contribution in [0.25, 0.3) is 17.1 Å². The van der Waals surface area contributed by atoms with Crippen molar-refractivity contribution in [1.82, 2.24) is 14.4 Å². The van der Waals surface area contributed by atoms with E-state index in [4.69, 9.17) is 16.3 Å². The Morgan fingerprint density at radius 2 is 2.29 bits per heavy atom. The van der Waals surface area contributed by atoms with Crippen LogP contribution in [0.15, 0.2) is 35.5 Å². The Balaban J connectivity index is 2.13. The lowest BCUT2D eigenvalue weighted by atomic mass is 10.2. The zero-order chi connectivity index (χ0) is 14.8. The van der Waals surface area contributed by atoms with Gasteiger partial charge in [0.2, 0.25) is 5.75 Å². The van der Waals surface area contributed by atoms with Gasteiger partial charge in [-0.2, -0.15) is 0 Å². The van der Waals surface area contributed by atoms with E-state index in [-0.39, 0.29) is 11.3 Å². The molecule has 3 rings (SSSR count). The molecule has 0 radical (unpaired) electrons. The van der Waals surface area contributed by atoms with Crippen molar-refractivity contribution in [2.45, 2.75) is 0 Å². The van der Waals surface area contributed by atoms with Gasteiger partial charge in [0.1, 0.15) is 10.0 Å². The lowest BCUT2D eigenvalue weighted by molar-refractivity contribution is 0.404. The van der Waals surface area contributed by atoms with Crippen LogP contribution in [0.5, 0.6) is 5.75 Å². The standard InChI is InChI=1S/C14H10ClN3O2S/c1-20-12-10(5-4-9-3-2-6-16-7-9)17-14-18(13(12)19)8-11(15)21-14/h2-8H,1H3/b5-4+. The minimum absolute atomic E-state index is 0.183. The van der Waals surface area contributed by atoms with E-state index >= 15 is 0 Å². The first-order valence-corrected chi connectivity index (χ1v) is 7.22. The summed E-state index contributed by atoms with van der Waals surface area (Å²) in [6, 6.07) is 3.74. The van der Waals surface area contributed by atoms with Crippen molar-refractivity contribution in [1.29, 1.82) is 0 Å². The van der Waals surface area contributed by atoms with Crippen molar-refractivity contribution in [2.24, 2.45) is 0 Å². The van der Waals surface area contributed by atoms with Crippen LogP contribution in [0.1, 0.15) is 11.3 Å². The molecule has 0 aliphatic rings. The summed E-state index contributed by atoms with van der Waals surface area (Å²) < 4.78 is 7.06. The molecule has 0 spiro atoms. The number of pyridine rings is 1. The van der Waals surface area contributed by atoms with Crippen LogP contribution in [0.2, 0.25) is 4.34 Å². The van der Waals surface area contributed by atoms with Crippen LogP contribution in [0, 0.1) is 0 Å². The van der Waals surface area contributed by atoms with Gasteiger partial charge in [-0.05, 0) is 17.7 Å². The molecule has 106 valence electrons. The normalized spacial score (nSPS) is 11.3. The molecule has 0 fully saturated rings. The van der Waals surface area contributed by atoms with E-state index in [9.17, 15) is 4.79 Å². The molecule has 21 heavy (non-hydrogen) atoms. The quantitative estimate of drug-likeness (QED) is 0.744. The van der Waals surface area contributed by atoms with Gasteiger partial charge in [-0.25, -0.2) is 4.98 Å². The highest BCUT2D eigenvalue weighted by molar-refractivity contribution is 7.20. The van der Waals surface area contributed by atoms with Gasteiger partial charge < -0.3 is 4.74 Å². The largest absolute Gasteiger partial charge is 0.490 e. The molecule has 3 aromatic rings. The molecule has 3 aromatic heterocycles. The van der Waals surface area contributed by atoms with E-state index in [0.29, 0.717) is 15.0 Å². The average Bonchev–Trinajstić information content (AvgIpc) is 2.87. The van der Waals surface area contributed by atoms with Gasteiger partial charge in [-0.3, -0.25) is 14.2 Å². The second-order valence-corrected chi connectivity index (χ2v) is 5.78. The highest BCUT2D eigenvalue weighted by atomic mass is 35.5. The second-order valence-electron chi connectivity index (χ2n) is 4.14. The van der Waals surface area contributed by atoms with Gasteiger partial charge in [-0.1, -0.05) is 35.1 Å². The third-order valence-corrected chi connectivity index (χ3v) is 3.91. The van der Waals surface area contributed by atoms with Crippen LogP contribution >= 0.6 is 22.9 Å². The Bertz CT molecular complexity index is 871. The molecule has 0 aromatic carbocycles. The summed E-state index contributed by atoms with van der Waals surface area (Å²) in [5, 5.41) is 0. The monoisotopic (exact) mass is 319 g/mol. The van der Waals surface area contributed by atoms with Gasteiger partial charge in [0.25, 0.3) is 0 Å². The molecule has 0 amide bonds. The van der Waals surface area contributed by atoms with E-state index in [1.165, 1.54) is 29.0 Å². The van der Waals surface area contributed by atoms with E-state index < -0.39 is 0 Å². The molecule has 0 N–H and O–H groups in total. The molecule has 0 aliphatic heterocycles. The molecular weight excluding hydrogens is 310 g/mol. The third-order valence-electron chi connectivity index (χ3n) is 2.81. The molecule has 3 heterocycles. The van der Waals surface area contributed by atoms with E-state index in [1.54, 1.807) is 18.5 Å². The highest BCUT2D eigenvalue weighted by Gasteiger charge is 2.13. The number of hydrogen-bond acceptors (Lipinski definition) is 5. The first-order chi connectivity index (χ1) is 10.2. The minimum Gasteiger partial charge on any atom is -0.490 e. The van der Waals surface area contributed by atoms with Crippen LogP contribution < -0.4 is 10.3 Å². The molecule has 0 bridgehead atoms. The molecule has 0 unspecified atom stereocenters. The van der Waals surface area contributed by atoms with E-state index in [2.05, 4.69) is 9.97 Å². The van der Waals surface area contributed by atoms with Crippen LogP contribution in [-0.2, 0) is 0 Å². The smallest absolute Gasteiger partial charge is 0.301 e. The first kappa shape index (κ1) is 13.8. The molecule has 0 saturated heterocycles. The van der Waals surface area contributed by atoms with Crippen molar-refractivity contribution in [3.8, 4) is 5.75 Å². The number of halogens is 1. The van der Waals surface area contributed by atoms with Gasteiger partial charge in [0, 0.05) is 18.6 Å². The fraction of sp³-hybridized carbons (Fsp3) is 0.0714. The molecule has 5 nitrogen and oxygen atoms in total. The van der Waals surface area contributed by atoms with Crippen molar-refractivity contribution in [2.75, 3.05) is 7.11 Å². The zero-order valence-corrected chi connectivity index (χ0v) is 12.6. The zero-order valence-electron chi connectivity index (χ0n) is 11.0. The van der Waals surface area contributed by atoms with Crippen LogP contribution in [0.3, 0.4) is 0 Å². The Hall–Kier alpha value is -2.18. The van der Waals surface area contributed by atoms with Crippen LogP contribution in [0.4, 0.5) is 0 Å². The summed E-state index contributed by atoms with van der Waals surface area (Å²) >= 11 is 7.16. The molecule has 0 atom stereocenters. The first-order valence-electron chi connectivity index (χ1n) is 6.03. The fourth-order valence-corrected chi connectivity index (χ4v) is 2.88. The molecular formula is C14H10ClN3O2S. The topological polar surface area (TPSA) is 56.5 Å². The molecule has 0 aliphatic carbocycles. The summed E-state index contributed by atoms with van der Waals surface area (Å²) in [5.74, 6) is 0.183. The maximum Gasteiger partial charge on any atom is 0.301 e. The third kappa shape index (κ3) is 2.68. The Morgan fingerprint density at radius 3 is 3.00 bits per heavy atom. The lowest BCUT2D eigenvalue weighted by Gasteiger charge is -2.03. The summed E-state index contributed by atoms with van der Waals surface area (Å²) in [5.41, 5.74) is 1.09. The Kier molecular flexibility index (Phi) is 3.72. The average molecular weight is 320 g/mol. The minimum atomic E-state index is -0.281. The maximum atomic E-state index is 12.3. The predicted octanol–water partition coefficient (Wildman–Crippen LogP) is 2.98. The summed E-state index contributed by atoms with van der Waals surface area (Å²) in [7, 11) is 1.44. The van der Waals surface area contributed by atoms with Gasteiger partial charge >= 0.3 is 5.56 Å². The van der Waals surface area contributed by atoms with Crippen molar-refractivity contribution in [3.63, 3.8) is 0 Å². The fourth-order valence-electron chi connectivity index (χ4n) is 1.87. The maximum absolute atomic E-state index is 12.3. The van der Waals surface area contributed by atoms with Gasteiger partial charge in [-0.15, -0.1) is 0 Å². The number of ether oxygens (including phenoxy) is 1. The van der Waals surface area contributed by atoms with Gasteiger partial charge in [0.15, 0.2) is 4.96 Å². The summed E-state index contributed by atoms with van der Waals surface area (Å²) in [4.78, 5) is 21.3. The second kappa shape index (κ2) is 5.67.